The average Bonchev–Trinajstić information content (AvgIpc) is 2.85. The van der Waals surface area contributed by atoms with Gasteiger partial charge in [-0.3, -0.25) is 5.10 Å². The molecule has 1 atom stereocenters. The van der Waals surface area contributed by atoms with Crippen molar-refractivity contribution in [2.24, 2.45) is 5.92 Å². The molecule has 114 valence electrons. The molecule has 6 nitrogen and oxygen atoms in total. The molecule has 2 rings (SSSR count). The zero-order chi connectivity index (χ0) is 14.8. The molecule has 1 aromatic heterocycles. The molecule has 2 heterocycles. The third kappa shape index (κ3) is 3.39. The van der Waals surface area contributed by atoms with Gasteiger partial charge < -0.3 is 5.32 Å². The second-order valence-electron chi connectivity index (χ2n) is 5.87. The topological polar surface area (TPSA) is 78.1 Å². The Hall–Kier alpha value is -0.920. The van der Waals surface area contributed by atoms with E-state index < -0.39 is 10.0 Å². The lowest BCUT2D eigenvalue weighted by Crippen LogP contribution is -2.39. The van der Waals surface area contributed by atoms with Crippen LogP contribution in [0.15, 0.2) is 11.2 Å². The molecule has 0 spiro atoms. The van der Waals surface area contributed by atoms with Crippen molar-refractivity contribution >= 4 is 10.0 Å². The molecule has 7 heteroatoms. The number of aromatic nitrogens is 2. The van der Waals surface area contributed by atoms with Crippen LogP contribution in [0.4, 0.5) is 0 Å². The van der Waals surface area contributed by atoms with Crippen LogP contribution in [0.25, 0.3) is 0 Å². The first-order valence-corrected chi connectivity index (χ1v) is 8.61. The number of nitrogens with zero attached hydrogens (tertiary/aromatic N) is 2. The normalized spacial score (nSPS) is 21.5. The van der Waals surface area contributed by atoms with Gasteiger partial charge in [0.25, 0.3) is 10.0 Å². The Kier molecular flexibility index (Phi) is 4.82. The van der Waals surface area contributed by atoms with Gasteiger partial charge in [0.15, 0.2) is 5.03 Å². The van der Waals surface area contributed by atoms with Crippen molar-refractivity contribution < 1.29 is 8.42 Å². The van der Waals surface area contributed by atoms with Crippen LogP contribution in [-0.2, 0) is 16.6 Å². The molecule has 0 bridgehead atoms. The summed E-state index contributed by atoms with van der Waals surface area (Å²) < 4.78 is 26.9. The fraction of sp³-hybridized carbons (Fsp3) is 0.769. The Balaban J connectivity index is 2.19. The van der Waals surface area contributed by atoms with Crippen LogP contribution in [-0.4, -0.2) is 42.1 Å². The molecule has 20 heavy (non-hydrogen) atoms. The van der Waals surface area contributed by atoms with E-state index in [-0.39, 0.29) is 5.03 Å². The van der Waals surface area contributed by atoms with Crippen LogP contribution in [0.1, 0.15) is 39.2 Å². The summed E-state index contributed by atoms with van der Waals surface area (Å²) in [7, 11) is -3.45. The Morgan fingerprint density at radius 1 is 1.55 bits per heavy atom. The largest absolute Gasteiger partial charge is 0.310 e. The first-order valence-electron chi connectivity index (χ1n) is 7.17. The van der Waals surface area contributed by atoms with Crippen LogP contribution >= 0.6 is 0 Å². The first kappa shape index (κ1) is 15.5. The minimum atomic E-state index is -3.45. The maximum atomic E-state index is 12.7. The minimum Gasteiger partial charge on any atom is -0.310 e. The van der Waals surface area contributed by atoms with Gasteiger partial charge in [0.1, 0.15) is 0 Å². The van der Waals surface area contributed by atoms with Gasteiger partial charge in [-0.05, 0) is 18.8 Å². The van der Waals surface area contributed by atoms with Gasteiger partial charge in [0.2, 0.25) is 0 Å². The molecule has 1 fully saturated rings. The van der Waals surface area contributed by atoms with Crippen molar-refractivity contribution in [1.82, 2.24) is 19.8 Å². The number of aromatic amines is 1. The van der Waals surface area contributed by atoms with E-state index in [1.807, 2.05) is 13.8 Å². The Bertz CT molecular complexity index is 538. The highest BCUT2D eigenvalue weighted by atomic mass is 32.2. The van der Waals surface area contributed by atoms with Crippen molar-refractivity contribution in [2.45, 2.75) is 51.2 Å². The smallest absolute Gasteiger partial charge is 0.260 e. The number of sulfonamides is 1. The molecule has 0 amide bonds. The molecule has 1 unspecified atom stereocenters. The van der Waals surface area contributed by atoms with E-state index in [2.05, 4.69) is 22.4 Å². The van der Waals surface area contributed by atoms with Crippen LogP contribution in [0.2, 0.25) is 0 Å². The van der Waals surface area contributed by atoms with E-state index in [0.717, 1.165) is 12.8 Å². The molecular weight excluding hydrogens is 276 g/mol. The van der Waals surface area contributed by atoms with Crippen LogP contribution in [0.3, 0.4) is 0 Å². The second-order valence-corrected chi connectivity index (χ2v) is 7.75. The predicted octanol–water partition coefficient (Wildman–Crippen LogP) is 1.33. The van der Waals surface area contributed by atoms with Gasteiger partial charge >= 0.3 is 0 Å². The van der Waals surface area contributed by atoms with Crippen molar-refractivity contribution in [3.05, 3.63) is 11.8 Å². The number of nitrogens with one attached hydrogen (secondary N) is 2. The summed E-state index contributed by atoms with van der Waals surface area (Å²) in [6.45, 7) is 7.85. The predicted molar refractivity (Wildman–Crippen MR) is 77.7 cm³/mol. The van der Waals surface area contributed by atoms with Crippen LogP contribution < -0.4 is 5.32 Å². The number of piperidine rings is 1. The standard InChI is InChI=1S/C13H24N4O2S/c1-10(2)14-7-12-8-15-16-13(12)20(18,19)17-6-4-5-11(3)9-17/h8,10-11,14H,4-7,9H2,1-3H3,(H,15,16). The molecule has 0 aromatic carbocycles. The highest BCUT2D eigenvalue weighted by molar-refractivity contribution is 7.89. The third-order valence-corrected chi connectivity index (χ3v) is 5.48. The fourth-order valence-electron chi connectivity index (χ4n) is 2.46. The SMILES string of the molecule is CC1CCCN(S(=O)(=O)c2[nH]ncc2CNC(C)C)C1. The quantitative estimate of drug-likeness (QED) is 0.860. The summed E-state index contributed by atoms with van der Waals surface area (Å²) in [4.78, 5) is 0. The Labute approximate surface area is 121 Å². The van der Waals surface area contributed by atoms with Crippen molar-refractivity contribution in [3.63, 3.8) is 0 Å². The fourth-order valence-corrected chi connectivity index (χ4v) is 4.16. The van der Waals surface area contributed by atoms with Crippen LogP contribution in [0.5, 0.6) is 0 Å². The summed E-state index contributed by atoms with van der Waals surface area (Å²) in [5.41, 5.74) is 0.705. The Morgan fingerprint density at radius 2 is 2.30 bits per heavy atom. The van der Waals surface area contributed by atoms with Gasteiger partial charge in [-0.2, -0.15) is 9.40 Å². The molecule has 2 N–H and O–H groups in total. The zero-order valence-electron chi connectivity index (χ0n) is 12.4. The lowest BCUT2D eigenvalue weighted by Gasteiger charge is -2.29. The van der Waals surface area contributed by atoms with E-state index in [1.54, 1.807) is 10.5 Å². The molecular formula is C13H24N4O2S. The van der Waals surface area contributed by atoms with E-state index in [1.165, 1.54) is 0 Å². The maximum Gasteiger partial charge on any atom is 0.260 e. The highest BCUT2D eigenvalue weighted by Crippen LogP contribution is 2.24. The van der Waals surface area contributed by atoms with Crippen molar-refractivity contribution in [3.8, 4) is 0 Å². The summed E-state index contributed by atoms with van der Waals surface area (Å²) in [6, 6.07) is 0.301. The highest BCUT2D eigenvalue weighted by Gasteiger charge is 2.31. The molecule has 0 radical (unpaired) electrons. The number of rotatable bonds is 5. The lowest BCUT2D eigenvalue weighted by molar-refractivity contribution is 0.280. The van der Waals surface area contributed by atoms with E-state index in [9.17, 15) is 8.42 Å². The summed E-state index contributed by atoms with van der Waals surface area (Å²) in [5, 5.41) is 10.0. The lowest BCUT2D eigenvalue weighted by atomic mass is 10.0. The van der Waals surface area contributed by atoms with E-state index in [4.69, 9.17) is 0 Å². The van der Waals surface area contributed by atoms with Crippen molar-refractivity contribution in [2.75, 3.05) is 13.1 Å². The molecule has 1 saturated heterocycles. The van der Waals surface area contributed by atoms with Gasteiger partial charge in [-0.15, -0.1) is 0 Å². The summed E-state index contributed by atoms with van der Waals surface area (Å²) >= 11 is 0. The number of hydrogen-bond donors (Lipinski definition) is 2. The van der Waals surface area contributed by atoms with Gasteiger partial charge in [-0.1, -0.05) is 20.8 Å². The molecule has 0 saturated carbocycles. The maximum absolute atomic E-state index is 12.7. The molecule has 1 aliphatic rings. The number of hydrogen-bond acceptors (Lipinski definition) is 4. The van der Waals surface area contributed by atoms with Crippen LogP contribution in [0, 0.1) is 5.92 Å². The summed E-state index contributed by atoms with van der Waals surface area (Å²) in [6.07, 6.45) is 3.61. The van der Waals surface area contributed by atoms with Gasteiger partial charge in [0, 0.05) is 31.2 Å². The van der Waals surface area contributed by atoms with Gasteiger partial charge in [-0.25, -0.2) is 8.42 Å². The summed E-state index contributed by atoms with van der Waals surface area (Å²) in [5.74, 6) is 0.415. The minimum absolute atomic E-state index is 0.236. The van der Waals surface area contributed by atoms with E-state index >= 15 is 0 Å². The van der Waals surface area contributed by atoms with E-state index in [0.29, 0.717) is 37.2 Å². The molecule has 1 aromatic rings. The average molecular weight is 300 g/mol. The number of H-pyrrole nitrogens is 1. The first-order chi connectivity index (χ1) is 9.41. The third-order valence-electron chi connectivity index (χ3n) is 3.60. The zero-order valence-corrected chi connectivity index (χ0v) is 13.2. The van der Waals surface area contributed by atoms with Crippen molar-refractivity contribution in [1.29, 1.82) is 0 Å². The molecule has 1 aliphatic heterocycles. The monoisotopic (exact) mass is 300 g/mol. The second kappa shape index (κ2) is 6.24. The Morgan fingerprint density at radius 3 is 2.95 bits per heavy atom. The van der Waals surface area contributed by atoms with Gasteiger partial charge in [0.05, 0.1) is 6.20 Å². The molecule has 0 aliphatic carbocycles.